The van der Waals surface area contributed by atoms with Gasteiger partial charge in [0.05, 0.1) is 31.9 Å². The highest BCUT2D eigenvalue weighted by molar-refractivity contribution is 5.84. The van der Waals surface area contributed by atoms with Crippen molar-refractivity contribution >= 4 is 22.7 Å². The van der Waals surface area contributed by atoms with Gasteiger partial charge in [-0.05, 0) is 12.8 Å². The van der Waals surface area contributed by atoms with Crippen molar-refractivity contribution in [3.8, 4) is 23.1 Å². The summed E-state index contributed by atoms with van der Waals surface area (Å²) in [7, 11) is 5.29. The molecule has 33 heavy (non-hydrogen) atoms. The predicted octanol–water partition coefficient (Wildman–Crippen LogP) is 2.47. The Hall–Kier alpha value is -3.73. The van der Waals surface area contributed by atoms with E-state index in [9.17, 15) is 0 Å². The van der Waals surface area contributed by atoms with Gasteiger partial charge in [-0.3, -0.25) is 9.36 Å². The first-order valence-corrected chi connectivity index (χ1v) is 10.8. The second kappa shape index (κ2) is 7.41. The minimum Gasteiger partial charge on any atom is -0.489 e. The van der Waals surface area contributed by atoms with Gasteiger partial charge in [-0.2, -0.15) is 15.2 Å². The van der Waals surface area contributed by atoms with Gasteiger partial charge in [0.2, 0.25) is 5.88 Å². The first kappa shape index (κ1) is 19.9. The molecule has 0 bridgehead atoms. The fraction of sp³-hybridized carbons (Fsp3) is 0.409. The highest BCUT2D eigenvalue weighted by Gasteiger charge is 2.51. The third-order valence-electron chi connectivity index (χ3n) is 6.30. The maximum atomic E-state index is 6.37. The molecular formula is C22H24N8O3. The molecule has 1 spiro atoms. The number of methoxy groups -OCH3 is 1. The normalized spacial score (nSPS) is 17.1. The van der Waals surface area contributed by atoms with Crippen LogP contribution in [0.15, 0.2) is 30.6 Å². The van der Waals surface area contributed by atoms with Crippen LogP contribution >= 0.6 is 0 Å². The van der Waals surface area contributed by atoms with Crippen molar-refractivity contribution < 1.29 is 14.2 Å². The zero-order valence-corrected chi connectivity index (χ0v) is 18.6. The third-order valence-corrected chi connectivity index (χ3v) is 6.30. The lowest BCUT2D eigenvalue weighted by atomic mass is 9.65. The number of anilines is 2. The molecule has 6 rings (SSSR count). The Morgan fingerprint density at radius 2 is 2.00 bits per heavy atom. The van der Waals surface area contributed by atoms with Crippen LogP contribution in [0.5, 0.6) is 11.6 Å². The number of aromatic nitrogens is 7. The summed E-state index contributed by atoms with van der Waals surface area (Å²) >= 11 is 0. The van der Waals surface area contributed by atoms with Gasteiger partial charge in [-0.25, -0.2) is 9.97 Å². The summed E-state index contributed by atoms with van der Waals surface area (Å²) in [6, 6.07) is 5.49. The molecule has 1 saturated heterocycles. The van der Waals surface area contributed by atoms with Crippen LogP contribution in [0.3, 0.4) is 0 Å². The Bertz CT molecular complexity index is 1330. The Kier molecular flexibility index (Phi) is 4.47. The zero-order chi connectivity index (χ0) is 22.6. The quantitative estimate of drug-likeness (QED) is 0.475. The van der Waals surface area contributed by atoms with Gasteiger partial charge in [0.25, 0.3) is 0 Å². The predicted molar refractivity (Wildman–Crippen MR) is 119 cm³/mol. The average molecular weight is 448 g/mol. The number of fused-ring (bicyclic) bond motifs is 1. The van der Waals surface area contributed by atoms with Gasteiger partial charge < -0.3 is 19.5 Å². The number of ether oxygens (including phenoxy) is 3. The molecule has 1 N–H and O–H groups in total. The summed E-state index contributed by atoms with van der Waals surface area (Å²) in [5, 5.41) is 13.1. The monoisotopic (exact) mass is 448 g/mol. The molecule has 170 valence electrons. The van der Waals surface area contributed by atoms with E-state index in [1.807, 2.05) is 26.2 Å². The lowest BCUT2D eigenvalue weighted by molar-refractivity contribution is -0.191. The fourth-order valence-corrected chi connectivity index (χ4v) is 4.45. The number of nitrogens with zero attached hydrogens (tertiary/aromatic N) is 7. The molecule has 11 heteroatoms. The molecule has 4 aromatic rings. The Balaban J connectivity index is 1.28. The van der Waals surface area contributed by atoms with E-state index in [-0.39, 0.29) is 6.10 Å². The number of hydrogen-bond acceptors (Lipinski definition) is 9. The molecule has 0 unspecified atom stereocenters. The lowest BCUT2D eigenvalue weighted by Gasteiger charge is -2.52. The summed E-state index contributed by atoms with van der Waals surface area (Å²) in [5.74, 6) is 3.12. The van der Waals surface area contributed by atoms with E-state index in [1.165, 1.54) is 0 Å². The molecule has 2 aliphatic rings. The third kappa shape index (κ3) is 3.44. The van der Waals surface area contributed by atoms with Gasteiger partial charge >= 0.3 is 0 Å². The van der Waals surface area contributed by atoms with E-state index in [4.69, 9.17) is 19.2 Å². The van der Waals surface area contributed by atoms with E-state index in [0.29, 0.717) is 28.6 Å². The summed E-state index contributed by atoms with van der Waals surface area (Å²) in [6.45, 7) is 1.69. The molecule has 5 heterocycles. The minimum atomic E-state index is 0.182. The van der Waals surface area contributed by atoms with Crippen molar-refractivity contribution in [2.75, 3.05) is 25.6 Å². The smallest absolute Gasteiger partial charge is 0.216 e. The van der Waals surface area contributed by atoms with E-state index < -0.39 is 0 Å². The van der Waals surface area contributed by atoms with E-state index >= 15 is 0 Å². The van der Waals surface area contributed by atoms with Gasteiger partial charge in [0.15, 0.2) is 11.5 Å². The second-order valence-corrected chi connectivity index (χ2v) is 8.74. The molecule has 11 nitrogen and oxygen atoms in total. The molecule has 0 amide bonds. The second-order valence-electron chi connectivity index (χ2n) is 8.74. The Morgan fingerprint density at radius 1 is 1.15 bits per heavy atom. The van der Waals surface area contributed by atoms with Crippen molar-refractivity contribution in [2.24, 2.45) is 19.5 Å². The molecule has 0 aromatic carbocycles. The molecule has 1 aliphatic carbocycles. The van der Waals surface area contributed by atoms with Gasteiger partial charge in [0.1, 0.15) is 29.2 Å². The van der Waals surface area contributed by atoms with Crippen molar-refractivity contribution in [3.63, 3.8) is 0 Å². The first-order valence-electron chi connectivity index (χ1n) is 10.8. The topological polar surface area (TPSA) is 114 Å². The average Bonchev–Trinajstić information content (AvgIpc) is 3.32. The number of nitrogens with one attached hydrogen (secondary N) is 1. The minimum absolute atomic E-state index is 0.182. The molecular weight excluding hydrogens is 424 g/mol. The summed E-state index contributed by atoms with van der Waals surface area (Å²) in [4.78, 5) is 13.4. The fourth-order valence-electron chi connectivity index (χ4n) is 4.45. The van der Waals surface area contributed by atoms with Gasteiger partial charge in [-0.15, -0.1) is 0 Å². The highest BCUT2D eigenvalue weighted by Crippen LogP contribution is 2.48. The van der Waals surface area contributed by atoms with Crippen LogP contribution in [0.2, 0.25) is 0 Å². The van der Waals surface area contributed by atoms with Crippen molar-refractivity contribution in [2.45, 2.75) is 18.9 Å². The Morgan fingerprint density at radius 3 is 2.76 bits per heavy atom. The number of pyridine rings is 1. The van der Waals surface area contributed by atoms with E-state index in [2.05, 4.69) is 25.5 Å². The maximum Gasteiger partial charge on any atom is 0.216 e. The van der Waals surface area contributed by atoms with Crippen molar-refractivity contribution in [3.05, 3.63) is 30.6 Å². The van der Waals surface area contributed by atoms with E-state index in [1.54, 1.807) is 34.9 Å². The SMILES string of the molecule is COc1ccnc(-c2cc(Nc3cc(OC4CC5(COC5)C4)c4cnn(C)c4n3)n(C)n2)n1. The van der Waals surface area contributed by atoms with Crippen LogP contribution in [-0.4, -0.2) is 60.9 Å². The van der Waals surface area contributed by atoms with Gasteiger partial charge in [0, 0.05) is 43.9 Å². The molecule has 0 radical (unpaired) electrons. The van der Waals surface area contributed by atoms with Crippen LogP contribution in [-0.2, 0) is 18.8 Å². The number of hydrogen-bond donors (Lipinski definition) is 1. The van der Waals surface area contributed by atoms with E-state index in [0.717, 1.165) is 48.7 Å². The largest absolute Gasteiger partial charge is 0.489 e. The zero-order valence-electron chi connectivity index (χ0n) is 18.6. The first-order chi connectivity index (χ1) is 16.0. The number of aryl methyl sites for hydroxylation is 2. The van der Waals surface area contributed by atoms with Crippen LogP contribution in [0.1, 0.15) is 12.8 Å². The standard InChI is InChI=1S/C22H24N8O3/c1-29-18(6-15(28-29)20-23-5-4-19(27-20)31-3)25-17-7-16(14-10-24-30(2)21(14)26-17)33-13-8-22(9-13)11-32-12-22/h4-7,10,13H,8-9,11-12H2,1-3H3,(H,25,26). The number of rotatable bonds is 6. The van der Waals surface area contributed by atoms with Crippen LogP contribution in [0.25, 0.3) is 22.6 Å². The molecule has 4 aromatic heterocycles. The van der Waals surface area contributed by atoms with Crippen LogP contribution in [0.4, 0.5) is 11.6 Å². The lowest BCUT2D eigenvalue weighted by Crippen LogP contribution is -2.56. The molecule has 1 saturated carbocycles. The molecule has 0 atom stereocenters. The summed E-state index contributed by atoms with van der Waals surface area (Å²) in [6.07, 6.45) is 5.66. The summed E-state index contributed by atoms with van der Waals surface area (Å²) in [5.41, 5.74) is 1.70. The van der Waals surface area contributed by atoms with Crippen molar-refractivity contribution in [1.29, 1.82) is 0 Å². The van der Waals surface area contributed by atoms with Crippen LogP contribution < -0.4 is 14.8 Å². The maximum absolute atomic E-state index is 6.37. The highest BCUT2D eigenvalue weighted by atomic mass is 16.5. The Labute approximate surface area is 189 Å². The van der Waals surface area contributed by atoms with Gasteiger partial charge in [-0.1, -0.05) is 0 Å². The van der Waals surface area contributed by atoms with Crippen LogP contribution in [0, 0.1) is 5.41 Å². The molecule has 1 aliphatic heterocycles. The van der Waals surface area contributed by atoms with Crippen molar-refractivity contribution in [1.82, 2.24) is 34.5 Å². The molecule has 2 fully saturated rings. The summed E-state index contributed by atoms with van der Waals surface area (Å²) < 4.78 is 20.4.